The van der Waals surface area contributed by atoms with Gasteiger partial charge in [-0.25, -0.2) is 0 Å². The van der Waals surface area contributed by atoms with Gasteiger partial charge in [-0.3, -0.25) is 0 Å². The number of carboxylic acid groups (broad SMARTS) is 1. The molecule has 0 saturated heterocycles. The minimum atomic E-state index is -1.20. The fourth-order valence-electron chi connectivity index (χ4n) is 2.72. The van der Waals surface area contributed by atoms with Gasteiger partial charge in [0.05, 0.1) is 0 Å². The van der Waals surface area contributed by atoms with Gasteiger partial charge in [0, 0.05) is 0 Å². The molecule has 0 spiro atoms. The van der Waals surface area contributed by atoms with Crippen molar-refractivity contribution >= 4 is 45.6 Å². The third-order valence-corrected chi connectivity index (χ3v) is 5.00. The van der Waals surface area contributed by atoms with E-state index in [4.69, 9.17) is 11.5 Å². The van der Waals surface area contributed by atoms with E-state index in [1.54, 1.807) is 0 Å². The first-order chi connectivity index (χ1) is 14.3. The van der Waals surface area contributed by atoms with E-state index in [0.717, 1.165) is 0 Å². The molecule has 0 aromatic heterocycles. The molecule has 0 rings (SSSR count). The van der Waals surface area contributed by atoms with Gasteiger partial charge < -0.3 is 0 Å². The number of hydrogen-bond donors (Lipinski definition) is 6. The molecule has 0 aliphatic carbocycles. The molecule has 4 unspecified atom stereocenters. The summed E-state index contributed by atoms with van der Waals surface area (Å²) in [6.45, 7) is 7.39. The van der Waals surface area contributed by atoms with Crippen LogP contribution in [-0.4, -0.2) is 74.9 Å². The molecule has 0 aliphatic heterocycles. The van der Waals surface area contributed by atoms with Crippen molar-refractivity contribution < 1.29 is 29.1 Å². The zero-order valence-corrected chi connectivity index (χ0v) is 20.3. The van der Waals surface area contributed by atoms with Crippen molar-refractivity contribution in [3.8, 4) is 0 Å². The third kappa shape index (κ3) is 11.7. The predicted octanol–water partition coefficient (Wildman–Crippen LogP) is -1.86. The van der Waals surface area contributed by atoms with Gasteiger partial charge in [-0.2, -0.15) is 0 Å². The SMILES string of the molecule is CC(C)CC(NC(=O)C(CC(C)C)NC(=O)C(C[SeH])NC(=O)C(N)CC(N)=O)C(=O)O. The van der Waals surface area contributed by atoms with E-state index in [2.05, 4.69) is 32.0 Å². The van der Waals surface area contributed by atoms with Crippen LogP contribution in [0, 0.1) is 11.8 Å². The van der Waals surface area contributed by atoms with Crippen LogP contribution in [0.15, 0.2) is 0 Å². The molecular weight excluding hydrogens is 473 g/mol. The quantitative estimate of drug-likeness (QED) is 0.148. The molecule has 12 heteroatoms. The molecular formula is C19H35N5O6Se. The Bertz CT molecular complexity index is 658. The number of primary amides is 1. The van der Waals surface area contributed by atoms with Gasteiger partial charge in [0.15, 0.2) is 0 Å². The first-order valence-corrected chi connectivity index (χ1v) is 11.4. The fraction of sp³-hybridized carbons (Fsp3) is 0.737. The second-order valence-corrected chi connectivity index (χ2v) is 9.01. The monoisotopic (exact) mass is 509 g/mol. The summed E-state index contributed by atoms with van der Waals surface area (Å²) in [5.74, 6) is -3.80. The van der Waals surface area contributed by atoms with Crippen molar-refractivity contribution in [3.63, 3.8) is 0 Å². The summed E-state index contributed by atoms with van der Waals surface area (Å²) in [4.78, 5) is 59.9. The number of rotatable bonds is 14. The molecule has 0 bridgehead atoms. The zero-order valence-electron chi connectivity index (χ0n) is 18.4. The van der Waals surface area contributed by atoms with Gasteiger partial charge in [0.25, 0.3) is 0 Å². The Balaban J connectivity index is 5.27. The summed E-state index contributed by atoms with van der Waals surface area (Å²) in [5.41, 5.74) is 10.6. The summed E-state index contributed by atoms with van der Waals surface area (Å²) < 4.78 is 0. The number of carboxylic acids is 1. The van der Waals surface area contributed by atoms with Crippen LogP contribution in [0.5, 0.6) is 0 Å². The number of nitrogens with two attached hydrogens (primary N) is 2. The third-order valence-electron chi connectivity index (χ3n) is 4.24. The van der Waals surface area contributed by atoms with Gasteiger partial charge in [-0.1, -0.05) is 0 Å². The maximum atomic E-state index is 12.7. The van der Waals surface area contributed by atoms with Crippen LogP contribution in [0.4, 0.5) is 0 Å². The van der Waals surface area contributed by atoms with Crippen LogP contribution in [-0.2, 0) is 24.0 Å². The average Bonchev–Trinajstić information content (AvgIpc) is 2.62. The second kappa shape index (κ2) is 14.0. The van der Waals surface area contributed by atoms with Crippen LogP contribution in [0.3, 0.4) is 0 Å². The van der Waals surface area contributed by atoms with E-state index in [-0.39, 0.29) is 36.4 Å². The Hall–Kier alpha value is -2.17. The number of amides is 4. The van der Waals surface area contributed by atoms with E-state index >= 15 is 0 Å². The van der Waals surface area contributed by atoms with E-state index in [0.29, 0.717) is 0 Å². The molecule has 4 amide bonds. The Morgan fingerprint density at radius 3 is 1.65 bits per heavy atom. The van der Waals surface area contributed by atoms with Gasteiger partial charge in [0.1, 0.15) is 0 Å². The molecule has 0 fully saturated rings. The minimum absolute atomic E-state index is 0.0267. The van der Waals surface area contributed by atoms with Crippen LogP contribution in [0.1, 0.15) is 47.0 Å². The topological polar surface area (TPSA) is 194 Å². The standard InChI is InChI=1S/C19H35N5O6Se/c1-9(2)5-12(17(27)23-13(19(29)30)6-10(3)4)22-18(28)14(8-31)24-16(26)11(20)7-15(21)25/h9-14,31H,5-8,20H2,1-4H3,(H2,21,25)(H,22,28)(H,23,27)(H,24,26)(H,29,30). The summed E-state index contributed by atoms with van der Waals surface area (Å²) in [7, 11) is 0. The number of carbonyl (C=O) groups is 5. The Morgan fingerprint density at radius 2 is 1.23 bits per heavy atom. The Morgan fingerprint density at radius 1 is 0.806 bits per heavy atom. The van der Waals surface area contributed by atoms with Gasteiger partial charge in [-0.15, -0.1) is 0 Å². The van der Waals surface area contributed by atoms with Crippen molar-refractivity contribution in [2.24, 2.45) is 23.3 Å². The van der Waals surface area contributed by atoms with Gasteiger partial charge in [-0.05, 0) is 0 Å². The number of carbonyl (C=O) groups excluding carboxylic acids is 4. The molecule has 0 aromatic rings. The summed E-state index contributed by atoms with van der Waals surface area (Å²) in [6.07, 6.45) is 0.141. The number of aliphatic carboxylic acids is 1. The summed E-state index contributed by atoms with van der Waals surface area (Å²) >= 11 is 2.15. The van der Waals surface area contributed by atoms with Crippen LogP contribution in [0.2, 0.25) is 5.32 Å². The van der Waals surface area contributed by atoms with E-state index in [1.807, 2.05) is 27.7 Å². The molecule has 0 aromatic carbocycles. The molecule has 0 aliphatic rings. The first kappa shape index (κ1) is 28.8. The molecule has 8 N–H and O–H groups in total. The van der Waals surface area contributed by atoms with Crippen molar-refractivity contribution in [3.05, 3.63) is 0 Å². The molecule has 178 valence electrons. The van der Waals surface area contributed by atoms with Crippen molar-refractivity contribution in [2.75, 3.05) is 0 Å². The second-order valence-electron chi connectivity index (χ2n) is 8.24. The maximum absolute atomic E-state index is 12.7. The molecule has 0 saturated carbocycles. The Labute approximate surface area is 190 Å². The molecule has 0 heterocycles. The summed E-state index contributed by atoms with van der Waals surface area (Å²) in [6, 6.07) is -4.28. The van der Waals surface area contributed by atoms with Gasteiger partial charge >= 0.3 is 190 Å². The zero-order chi connectivity index (χ0) is 24.3. The van der Waals surface area contributed by atoms with Crippen LogP contribution < -0.4 is 27.4 Å². The number of nitrogens with one attached hydrogen (secondary N) is 3. The molecule has 4 atom stereocenters. The Kier molecular flexibility index (Phi) is 13.0. The van der Waals surface area contributed by atoms with Crippen molar-refractivity contribution in [1.82, 2.24) is 16.0 Å². The summed E-state index contributed by atoms with van der Waals surface area (Å²) in [5, 5.41) is 17.0. The van der Waals surface area contributed by atoms with Crippen LogP contribution >= 0.6 is 0 Å². The molecule has 11 nitrogen and oxygen atoms in total. The molecule has 31 heavy (non-hydrogen) atoms. The number of hydrogen-bond acceptors (Lipinski definition) is 6. The van der Waals surface area contributed by atoms with E-state index in [1.165, 1.54) is 0 Å². The average molecular weight is 508 g/mol. The van der Waals surface area contributed by atoms with E-state index < -0.39 is 53.8 Å². The normalized spacial score (nSPS) is 15.0. The van der Waals surface area contributed by atoms with Gasteiger partial charge in [0.2, 0.25) is 0 Å². The van der Waals surface area contributed by atoms with Crippen molar-refractivity contribution in [1.29, 1.82) is 0 Å². The van der Waals surface area contributed by atoms with E-state index in [9.17, 15) is 29.1 Å². The first-order valence-electron chi connectivity index (χ1n) is 10.1. The predicted molar refractivity (Wildman–Crippen MR) is 116 cm³/mol. The van der Waals surface area contributed by atoms with Crippen molar-refractivity contribution in [2.45, 2.75) is 76.4 Å². The molecule has 0 radical (unpaired) electrons. The van der Waals surface area contributed by atoms with Crippen LogP contribution in [0.25, 0.3) is 0 Å². The fourth-order valence-corrected chi connectivity index (χ4v) is 3.26.